The Balaban J connectivity index is 2.09. The average Bonchev–Trinajstić information content (AvgIpc) is 2.88. The highest BCUT2D eigenvalue weighted by atomic mass is 32.1. The third-order valence-corrected chi connectivity index (χ3v) is 5.18. The van der Waals surface area contributed by atoms with E-state index in [4.69, 9.17) is 9.72 Å². The minimum atomic E-state index is -0.680. The second-order valence-electron chi connectivity index (χ2n) is 6.20. The normalized spacial score (nSPS) is 15.6. The SMILES string of the molecule is CCOC(=O)C(C)(C)c1csc(N(CC)CC2CCC2)n1. The van der Waals surface area contributed by atoms with E-state index in [0.717, 1.165) is 29.8 Å². The van der Waals surface area contributed by atoms with Crippen LogP contribution < -0.4 is 4.90 Å². The van der Waals surface area contributed by atoms with Crippen LogP contribution in [0, 0.1) is 5.92 Å². The molecule has 1 saturated carbocycles. The van der Waals surface area contributed by atoms with E-state index < -0.39 is 5.41 Å². The molecule has 0 amide bonds. The summed E-state index contributed by atoms with van der Waals surface area (Å²) >= 11 is 1.63. The highest BCUT2D eigenvalue weighted by Gasteiger charge is 2.34. The van der Waals surface area contributed by atoms with Crippen LogP contribution >= 0.6 is 11.3 Å². The van der Waals surface area contributed by atoms with Crippen molar-refractivity contribution in [2.24, 2.45) is 5.92 Å². The molecule has 1 heterocycles. The number of hydrogen-bond acceptors (Lipinski definition) is 5. The zero-order chi connectivity index (χ0) is 15.5. The molecule has 0 unspecified atom stereocenters. The first-order valence-corrected chi connectivity index (χ1v) is 8.75. The number of hydrogen-bond donors (Lipinski definition) is 0. The standard InChI is InChI=1S/C16H26N2O2S/c1-5-18(10-12-8-7-9-12)15-17-13(11-21-15)16(3,4)14(19)20-6-2/h11-12H,5-10H2,1-4H3. The van der Waals surface area contributed by atoms with E-state index in [0.29, 0.717) is 6.61 Å². The summed E-state index contributed by atoms with van der Waals surface area (Å²) in [5, 5.41) is 3.02. The topological polar surface area (TPSA) is 42.4 Å². The molecule has 0 aliphatic heterocycles. The van der Waals surface area contributed by atoms with Gasteiger partial charge in [-0.3, -0.25) is 4.79 Å². The molecule has 5 heteroatoms. The second kappa shape index (κ2) is 6.77. The molecule has 0 aromatic carbocycles. The maximum absolute atomic E-state index is 12.1. The van der Waals surface area contributed by atoms with Gasteiger partial charge >= 0.3 is 5.97 Å². The largest absolute Gasteiger partial charge is 0.465 e. The van der Waals surface area contributed by atoms with Crippen molar-refractivity contribution in [2.45, 2.75) is 52.4 Å². The van der Waals surface area contributed by atoms with Crippen LogP contribution in [0.25, 0.3) is 0 Å². The van der Waals surface area contributed by atoms with Gasteiger partial charge in [0.1, 0.15) is 5.41 Å². The van der Waals surface area contributed by atoms with Crippen molar-refractivity contribution in [1.82, 2.24) is 4.98 Å². The minimum Gasteiger partial charge on any atom is -0.465 e. The summed E-state index contributed by atoms with van der Waals surface area (Å²) in [4.78, 5) is 19.1. The van der Waals surface area contributed by atoms with E-state index in [9.17, 15) is 4.79 Å². The number of carbonyl (C=O) groups excluding carboxylic acids is 1. The minimum absolute atomic E-state index is 0.205. The number of ether oxygens (including phenoxy) is 1. The van der Waals surface area contributed by atoms with Crippen LogP contribution in [0.4, 0.5) is 5.13 Å². The molecule has 0 N–H and O–H groups in total. The maximum Gasteiger partial charge on any atom is 0.317 e. The van der Waals surface area contributed by atoms with Crippen LogP contribution in [-0.4, -0.2) is 30.6 Å². The summed E-state index contributed by atoms with van der Waals surface area (Å²) in [6.45, 7) is 10.2. The van der Waals surface area contributed by atoms with Gasteiger partial charge in [-0.1, -0.05) is 6.42 Å². The molecule has 1 aliphatic rings. The van der Waals surface area contributed by atoms with Gasteiger partial charge in [-0.2, -0.15) is 0 Å². The monoisotopic (exact) mass is 310 g/mol. The third kappa shape index (κ3) is 3.57. The van der Waals surface area contributed by atoms with Crippen LogP contribution in [0.1, 0.15) is 52.7 Å². The maximum atomic E-state index is 12.1. The molecule has 1 aliphatic carbocycles. The first kappa shape index (κ1) is 16.3. The van der Waals surface area contributed by atoms with E-state index in [2.05, 4.69) is 11.8 Å². The van der Waals surface area contributed by atoms with Crippen molar-refractivity contribution in [1.29, 1.82) is 0 Å². The van der Waals surface area contributed by atoms with Crippen molar-refractivity contribution in [3.63, 3.8) is 0 Å². The molecule has 0 bridgehead atoms. The number of aromatic nitrogens is 1. The fourth-order valence-corrected chi connectivity index (χ4v) is 3.51. The van der Waals surface area contributed by atoms with Crippen LogP contribution in [0.5, 0.6) is 0 Å². The molecule has 0 spiro atoms. The molecule has 1 aromatic heterocycles. The summed E-state index contributed by atoms with van der Waals surface area (Å²) in [5.41, 5.74) is 0.133. The van der Waals surface area contributed by atoms with Gasteiger partial charge in [0.2, 0.25) is 0 Å². The molecule has 1 aromatic rings. The number of carbonyl (C=O) groups is 1. The van der Waals surface area contributed by atoms with Crippen LogP contribution in [0.3, 0.4) is 0 Å². The van der Waals surface area contributed by atoms with Crippen LogP contribution in [0.15, 0.2) is 5.38 Å². The quantitative estimate of drug-likeness (QED) is 0.722. The molecular formula is C16H26N2O2S. The Morgan fingerprint density at radius 3 is 2.71 bits per heavy atom. The zero-order valence-corrected chi connectivity index (χ0v) is 14.3. The molecule has 1 fully saturated rings. The van der Waals surface area contributed by atoms with Crippen molar-refractivity contribution in [3.05, 3.63) is 11.1 Å². The van der Waals surface area contributed by atoms with E-state index in [1.54, 1.807) is 11.3 Å². The van der Waals surface area contributed by atoms with Crippen molar-refractivity contribution in [2.75, 3.05) is 24.6 Å². The van der Waals surface area contributed by atoms with Crippen molar-refractivity contribution >= 4 is 22.4 Å². The summed E-state index contributed by atoms with van der Waals surface area (Å²) in [7, 11) is 0. The van der Waals surface area contributed by atoms with Crippen LogP contribution in [0.2, 0.25) is 0 Å². The van der Waals surface area contributed by atoms with E-state index in [1.807, 2.05) is 26.2 Å². The Morgan fingerprint density at radius 1 is 1.48 bits per heavy atom. The number of rotatable bonds is 7. The molecule has 118 valence electrons. The summed E-state index contributed by atoms with van der Waals surface area (Å²) in [6, 6.07) is 0. The van der Waals surface area contributed by atoms with Crippen molar-refractivity contribution in [3.8, 4) is 0 Å². The van der Waals surface area contributed by atoms with Crippen molar-refractivity contribution < 1.29 is 9.53 Å². The van der Waals surface area contributed by atoms with E-state index in [-0.39, 0.29) is 5.97 Å². The third-order valence-electron chi connectivity index (χ3n) is 4.27. The van der Waals surface area contributed by atoms with Gasteiger partial charge in [0.05, 0.1) is 12.3 Å². The first-order chi connectivity index (χ1) is 9.98. The molecule has 0 atom stereocenters. The summed E-state index contributed by atoms with van der Waals surface area (Å²) in [5.74, 6) is 0.610. The lowest BCUT2D eigenvalue weighted by molar-refractivity contribution is -0.148. The van der Waals surface area contributed by atoms with E-state index >= 15 is 0 Å². The fraction of sp³-hybridized carbons (Fsp3) is 0.750. The van der Waals surface area contributed by atoms with Crippen LogP contribution in [-0.2, 0) is 14.9 Å². The molecule has 0 radical (unpaired) electrons. The Labute approximate surface area is 131 Å². The first-order valence-electron chi connectivity index (χ1n) is 7.87. The highest BCUT2D eigenvalue weighted by Crippen LogP contribution is 2.33. The smallest absolute Gasteiger partial charge is 0.317 e. The van der Waals surface area contributed by atoms with E-state index in [1.165, 1.54) is 19.3 Å². The molecule has 4 nitrogen and oxygen atoms in total. The van der Waals surface area contributed by atoms with Gasteiger partial charge in [-0.25, -0.2) is 4.98 Å². The lowest BCUT2D eigenvalue weighted by Gasteiger charge is -2.31. The summed E-state index contributed by atoms with van der Waals surface area (Å²) < 4.78 is 5.16. The zero-order valence-electron chi connectivity index (χ0n) is 13.5. The number of esters is 1. The Bertz CT molecular complexity index is 480. The molecular weight excluding hydrogens is 284 g/mol. The predicted octanol–water partition coefficient (Wildman–Crippen LogP) is 3.61. The lowest BCUT2D eigenvalue weighted by atomic mass is 9.85. The number of thiazole rings is 1. The van der Waals surface area contributed by atoms with Gasteiger partial charge in [0.15, 0.2) is 5.13 Å². The molecule has 0 saturated heterocycles. The fourth-order valence-electron chi connectivity index (χ4n) is 2.44. The number of nitrogens with zero attached hydrogens (tertiary/aromatic N) is 2. The highest BCUT2D eigenvalue weighted by molar-refractivity contribution is 7.13. The predicted molar refractivity (Wildman–Crippen MR) is 87.0 cm³/mol. The van der Waals surface area contributed by atoms with Gasteiger partial charge < -0.3 is 9.64 Å². The second-order valence-corrected chi connectivity index (χ2v) is 7.03. The molecule has 2 rings (SSSR count). The Hall–Kier alpha value is -1.10. The lowest BCUT2D eigenvalue weighted by Crippen LogP contribution is -2.33. The molecule has 21 heavy (non-hydrogen) atoms. The summed E-state index contributed by atoms with van der Waals surface area (Å²) in [6.07, 6.45) is 4.04. The van der Waals surface area contributed by atoms with Gasteiger partial charge in [-0.05, 0) is 46.5 Å². The number of anilines is 1. The Morgan fingerprint density at radius 2 is 2.19 bits per heavy atom. The van der Waals surface area contributed by atoms with Gasteiger partial charge in [0.25, 0.3) is 0 Å². The average molecular weight is 310 g/mol. The van der Waals surface area contributed by atoms with Gasteiger partial charge in [0, 0.05) is 18.5 Å². The Kier molecular flexibility index (Phi) is 5.25. The van der Waals surface area contributed by atoms with Gasteiger partial charge in [-0.15, -0.1) is 11.3 Å².